The van der Waals surface area contributed by atoms with Crippen molar-refractivity contribution in [1.29, 1.82) is 0 Å². The summed E-state index contributed by atoms with van der Waals surface area (Å²) in [6.07, 6.45) is 3.21. The van der Waals surface area contributed by atoms with Crippen LogP contribution in [0, 0.1) is 0 Å². The van der Waals surface area contributed by atoms with E-state index in [1.807, 2.05) is 0 Å². The van der Waals surface area contributed by atoms with Crippen LogP contribution in [-0.2, 0) is 6.54 Å². The number of halogens is 1. The molecular formula is C7H7BrN4O. The molecule has 0 saturated carbocycles. The summed E-state index contributed by atoms with van der Waals surface area (Å²) in [7, 11) is 0. The van der Waals surface area contributed by atoms with Crippen LogP contribution < -0.4 is 0 Å². The molecule has 0 spiro atoms. The number of hydrogen-bond acceptors (Lipinski definition) is 4. The lowest BCUT2D eigenvalue weighted by Gasteiger charge is -1.98. The Balaban J connectivity index is 2.58. The molecule has 0 aliphatic rings. The minimum atomic E-state index is 0.0691. The molecule has 0 unspecified atom stereocenters. The summed E-state index contributed by atoms with van der Waals surface area (Å²) in [5, 5.41) is 8.76. The number of aliphatic hydroxyl groups is 1. The first kappa shape index (κ1) is 8.58. The Hall–Kier alpha value is -1.01. The molecule has 0 aliphatic heterocycles. The maximum Gasteiger partial charge on any atom is 0.197 e. The Bertz CT molecular complexity index is 427. The maximum absolute atomic E-state index is 8.76. The van der Waals surface area contributed by atoms with Gasteiger partial charge in [-0.05, 0) is 15.9 Å². The Morgan fingerprint density at radius 1 is 1.46 bits per heavy atom. The highest BCUT2D eigenvalue weighted by atomic mass is 79.9. The molecule has 0 radical (unpaired) electrons. The smallest absolute Gasteiger partial charge is 0.197 e. The molecule has 0 bridgehead atoms. The van der Waals surface area contributed by atoms with Crippen LogP contribution in [0.5, 0.6) is 0 Å². The zero-order valence-electron chi connectivity index (χ0n) is 6.68. The number of nitrogens with zero attached hydrogens (tertiary/aromatic N) is 4. The minimum Gasteiger partial charge on any atom is -0.395 e. The molecule has 0 amide bonds. The average Bonchev–Trinajstić information content (AvgIpc) is 2.49. The van der Waals surface area contributed by atoms with Gasteiger partial charge in [0.15, 0.2) is 11.3 Å². The lowest BCUT2D eigenvalue weighted by molar-refractivity contribution is 0.277. The van der Waals surface area contributed by atoms with E-state index >= 15 is 0 Å². The molecule has 0 fully saturated rings. The van der Waals surface area contributed by atoms with Crippen molar-refractivity contribution in [3.05, 3.63) is 17.1 Å². The molecule has 2 heterocycles. The number of hydrogen-bond donors (Lipinski definition) is 1. The predicted octanol–water partition coefficient (Wildman–Crippen LogP) is 0.581. The van der Waals surface area contributed by atoms with Gasteiger partial charge in [0.2, 0.25) is 0 Å². The Morgan fingerprint density at radius 3 is 3.08 bits per heavy atom. The molecule has 5 nitrogen and oxygen atoms in total. The zero-order chi connectivity index (χ0) is 9.26. The molecule has 0 aromatic carbocycles. The van der Waals surface area contributed by atoms with E-state index in [1.165, 1.54) is 0 Å². The normalized spacial score (nSPS) is 10.9. The van der Waals surface area contributed by atoms with Gasteiger partial charge in [-0.25, -0.2) is 15.0 Å². The summed E-state index contributed by atoms with van der Waals surface area (Å²) in [5.74, 6) is 0. The van der Waals surface area contributed by atoms with Gasteiger partial charge >= 0.3 is 0 Å². The van der Waals surface area contributed by atoms with E-state index in [0.717, 1.165) is 0 Å². The lowest BCUT2D eigenvalue weighted by atomic mass is 10.6. The van der Waals surface area contributed by atoms with Crippen molar-refractivity contribution in [2.24, 2.45) is 0 Å². The van der Waals surface area contributed by atoms with E-state index in [0.29, 0.717) is 22.4 Å². The summed E-state index contributed by atoms with van der Waals surface area (Å²) >= 11 is 3.23. The number of rotatable bonds is 2. The first-order valence-corrected chi connectivity index (χ1v) is 4.55. The van der Waals surface area contributed by atoms with Crippen LogP contribution >= 0.6 is 15.9 Å². The van der Waals surface area contributed by atoms with Gasteiger partial charge in [0, 0.05) is 6.54 Å². The molecule has 68 valence electrons. The highest BCUT2D eigenvalue weighted by molar-refractivity contribution is 9.10. The van der Waals surface area contributed by atoms with Crippen molar-refractivity contribution < 1.29 is 5.11 Å². The Kier molecular flexibility index (Phi) is 2.24. The van der Waals surface area contributed by atoms with Crippen molar-refractivity contribution in [2.45, 2.75) is 6.54 Å². The fraction of sp³-hybridized carbons (Fsp3) is 0.286. The molecule has 1 N–H and O–H groups in total. The molecule has 0 saturated heterocycles. The van der Waals surface area contributed by atoms with Crippen LogP contribution in [0.1, 0.15) is 0 Å². The summed E-state index contributed by atoms with van der Waals surface area (Å²) in [6, 6.07) is 0. The molecule has 2 aromatic heterocycles. The Morgan fingerprint density at radius 2 is 2.31 bits per heavy atom. The molecule has 0 atom stereocenters. The van der Waals surface area contributed by atoms with Gasteiger partial charge in [0.1, 0.15) is 4.60 Å². The van der Waals surface area contributed by atoms with Gasteiger partial charge < -0.3 is 9.67 Å². The molecular weight excluding hydrogens is 236 g/mol. The van der Waals surface area contributed by atoms with Gasteiger partial charge in [-0.2, -0.15) is 0 Å². The first-order valence-electron chi connectivity index (χ1n) is 3.75. The second-order valence-electron chi connectivity index (χ2n) is 2.50. The van der Waals surface area contributed by atoms with E-state index in [9.17, 15) is 0 Å². The van der Waals surface area contributed by atoms with Gasteiger partial charge in [-0.15, -0.1) is 0 Å². The van der Waals surface area contributed by atoms with E-state index in [-0.39, 0.29) is 6.61 Å². The average molecular weight is 243 g/mol. The van der Waals surface area contributed by atoms with Gasteiger partial charge in [-0.3, -0.25) is 0 Å². The second-order valence-corrected chi connectivity index (χ2v) is 3.31. The summed E-state index contributed by atoms with van der Waals surface area (Å²) in [5.41, 5.74) is 1.28. The number of aliphatic hydroxyl groups excluding tert-OH is 1. The van der Waals surface area contributed by atoms with E-state index in [1.54, 1.807) is 17.1 Å². The second kappa shape index (κ2) is 3.39. The minimum absolute atomic E-state index is 0.0691. The highest BCUT2D eigenvalue weighted by Crippen LogP contribution is 2.11. The van der Waals surface area contributed by atoms with E-state index in [2.05, 4.69) is 30.9 Å². The topological polar surface area (TPSA) is 63.8 Å². The Labute approximate surface area is 82.6 Å². The molecule has 2 rings (SSSR count). The summed E-state index contributed by atoms with van der Waals surface area (Å²) < 4.78 is 2.42. The molecule has 0 aliphatic carbocycles. The fourth-order valence-corrected chi connectivity index (χ4v) is 1.36. The summed E-state index contributed by atoms with van der Waals surface area (Å²) in [4.78, 5) is 12.3. The third kappa shape index (κ3) is 1.54. The van der Waals surface area contributed by atoms with Crippen LogP contribution in [0.2, 0.25) is 0 Å². The lowest BCUT2D eigenvalue weighted by Crippen LogP contribution is -2.01. The SMILES string of the molecule is OCCn1cnc2ncc(Br)nc21. The highest BCUT2D eigenvalue weighted by Gasteiger charge is 2.04. The standard InChI is InChI=1S/C7H7BrN4O/c8-5-3-9-6-7(11-5)12(1-2-13)4-10-6/h3-4,13H,1-2H2. The van der Waals surface area contributed by atoms with Gasteiger partial charge in [-0.1, -0.05) is 0 Å². The molecule has 2 aromatic rings. The van der Waals surface area contributed by atoms with Crippen LogP contribution in [0.4, 0.5) is 0 Å². The fourth-order valence-electron chi connectivity index (χ4n) is 1.09. The third-order valence-corrected chi connectivity index (χ3v) is 2.02. The molecule has 6 heteroatoms. The largest absolute Gasteiger partial charge is 0.395 e. The van der Waals surface area contributed by atoms with Gasteiger partial charge in [0.25, 0.3) is 0 Å². The van der Waals surface area contributed by atoms with Crippen molar-refractivity contribution in [3.8, 4) is 0 Å². The zero-order valence-corrected chi connectivity index (χ0v) is 8.27. The summed E-state index contributed by atoms with van der Waals surface area (Å²) in [6.45, 7) is 0.557. The van der Waals surface area contributed by atoms with Gasteiger partial charge in [0.05, 0.1) is 19.1 Å². The number of aromatic nitrogens is 4. The van der Waals surface area contributed by atoms with E-state index in [4.69, 9.17) is 5.11 Å². The van der Waals surface area contributed by atoms with E-state index < -0.39 is 0 Å². The number of fused-ring (bicyclic) bond motifs is 1. The molecule has 13 heavy (non-hydrogen) atoms. The van der Waals surface area contributed by atoms with Crippen LogP contribution in [0.3, 0.4) is 0 Å². The quantitative estimate of drug-likeness (QED) is 0.837. The van der Waals surface area contributed by atoms with Crippen LogP contribution in [-0.4, -0.2) is 31.2 Å². The van der Waals surface area contributed by atoms with Crippen molar-refractivity contribution in [1.82, 2.24) is 19.5 Å². The first-order chi connectivity index (χ1) is 6.31. The van der Waals surface area contributed by atoms with Crippen LogP contribution in [0.25, 0.3) is 11.3 Å². The van der Waals surface area contributed by atoms with Crippen molar-refractivity contribution in [2.75, 3.05) is 6.61 Å². The van der Waals surface area contributed by atoms with Crippen molar-refractivity contribution >= 4 is 27.2 Å². The maximum atomic E-state index is 8.76. The number of imidazole rings is 1. The monoisotopic (exact) mass is 242 g/mol. The van der Waals surface area contributed by atoms with Crippen molar-refractivity contribution in [3.63, 3.8) is 0 Å². The predicted molar refractivity (Wildman–Crippen MR) is 50.1 cm³/mol. The third-order valence-electron chi connectivity index (χ3n) is 1.64. The van der Waals surface area contributed by atoms with Crippen LogP contribution in [0.15, 0.2) is 17.1 Å².